The van der Waals surface area contributed by atoms with Crippen molar-refractivity contribution in [3.05, 3.63) is 0 Å². The smallest absolute Gasteiger partial charge is 0.111 e. The van der Waals surface area contributed by atoms with Crippen molar-refractivity contribution < 1.29 is 4.39 Å². The third-order valence-electron chi connectivity index (χ3n) is 4.02. The van der Waals surface area contributed by atoms with Gasteiger partial charge in [-0.15, -0.1) is 0 Å². The minimum atomic E-state index is -0.769. The van der Waals surface area contributed by atoms with Gasteiger partial charge in [0.2, 0.25) is 0 Å². The molecule has 0 saturated heterocycles. The highest BCUT2D eigenvalue weighted by Crippen LogP contribution is 2.51. The van der Waals surface area contributed by atoms with Crippen LogP contribution in [-0.2, 0) is 0 Å². The zero-order valence-electron chi connectivity index (χ0n) is 11.4. The third-order valence-corrected chi connectivity index (χ3v) is 4.02. The van der Waals surface area contributed by atoms with Crippen LogP contribution < -0.4 is 0 Å². The van der Waals surface area contributed by atoms with E-state index in [0.717, 1.165) is 19.3 Å². The summed E-state index contributed by atoms with van der Waals surface area (Å²) >= 11 is 0. The van der Waals surface area contributed by atoms with Crippen LogP contribution in [0.2, 0.25) is 0 Å². The molecule has 1 aliphatic rings. The normalized spacial score (nSPS) is 21.8. The van der Waals surface area contributed by atoms with Gasteiger partial charge in [0.1, 0.15) is 5.67 Å². The maximum absolute atomic E-state index is 13.9. The van der Waals surface area contributed by atoms with Crippen LogP contribution in [0.1, 0.15) is 85.0 Å². The lowest BCUT2D eigenvalue weighted by Crippen LogP contribution is -2.22. The van der Waals surface area contributed by atoms with E-state index in [4.69, 9.17) is 0 Å². The lowest BCUT2D eigenvalue weighted by Gasteiger charge is -2.31. The predicted molar refractivity (Wildman–Crippen MR) is 69.5 cm³/mol. The van der Waals surface area contributed by atoms with E-state index in [1.807, 2.05) is 0 Å². The Kier molecular flexibility index (Phi) is 5.27. The summed E-state index contributed by atoms with van der Waals surface area (Å²) in [6, 6.07) is 0. The number of unbranched alkanes of at least 4 members (excludes halogenated alkanes) is 3. The Hall–Kier alpha value is -0.0700. The molecular formula is C15H29F. The number of alkyl halides is 1. The molecule has 0 radical (unpaired) electrons. The molecule has 1 atom stereocenters. The fourth-order valence-corrected chi connectivity index (χ4v) is 2.96. The van der Waals surface area contributed by atoms with Gasteiger partial charge in [-0.25, -0.2) is 4.39 Å². The van der Waals surface area contributed by atoms with Crippen molar-refractivity contribution in [2.24, 2.45) is 5.41 Å². The average molecular weight is 228 g/mol. The van der Waals surface area contributed by atoms with Crippen molar-refractivity contribution in [3.8, 4) is 0 Å². The van der Waals surface area contributed by atoms with Crippen molar-refractivity contribution in [1.29, 1.82) is 0 Å². The van der Waals surface area contributed by atoms with Gasteiger partial charge in [0.15, 0.2) is 0 Å². The predicted octanol–water partition coefficient (Wildman–Crippen LogP) is 5.66. The molecule has 0 spiro atoms. The quantitative estimate of drug-likeness (QED) is 0.447. The summed E-state index contributed by atoms with van der Waals surface area (Å²) in [5.74, 6) is 0. The number of hydrogen-bond donors (Lipinski definition) is 0. The Balaban J connectivity index is 2.31. The van der Waals surface area contributed by atoms with E-state index in [1.165, 1.54) is 44.9 Å². The van der Waals surface area contributed by atoms with E-state index in [1.54, 1.807) is 0 Å². The second kappa shape index (κ2) is 6.02. The molecule has 1 rings (SSSR count). The largest absolute Gasteiger partial charge is 0.244 e. The molecule has 0 heterocycles. The topological polar surface area (TPSA) is 0 Å². The lowest BCUT2D eigenvalue weighted by molar-refractivity contribution is 0.147. The first-order valence-corrected chi connectivity index (χ1v) is 7.22. The zero-order chi connectivity index (χ0) is 12.1. The molecule has 96 valence electrons. The summed E-state index contributed by atoms with van der Waals surface area (Å²) in [7, 11) is 0. The molecule has 0 aliphatic heterocycles. The van der Waals surface area contributed by atoms with Crippen LogP contribution in [0, 0.1) is 5.41 Å². The second-order valence-electron chi connectivity index (χ2n) is 6.20. The summed E-state index contributed by atoms with van der Waals surface area (Å²) in [4.78, 5) is 0. The van der Waals surface area contributed by atoms with E-state index in [9.17, 15) is 4.39 Å². The van der Waals surface area contributed by atoms with Gasteiger partial charge in [0.25, 0.3) is 0 Å². The van der Waals surface area contributed by atoms with E-state index < -0.39 is 5.67 Å². The highest BCUT2D eigenvalue weighted by molar-refractivity contribution is 4.98. The van der Waals surface area contributed by atoms with E-state index in [0.29, 0.717) is 0 Å². The van der Waals surface area contributed by atoms with E-state index >= 15 is 0 Å². The highest BCUT2D eigenvalue weighted by Gasteiger charge is 2.47. The fourth-order valence-electron chi connectivity index (χ4n) is 2.96. The summed E-state index contributed by atoms with van der Waals surface area (Å²) in [5, 5.41) is 0. The molecule has 1 aliphatic carbocycles. The van der Waals surface area contributed by atoms with E-state index in [-0.39, 0.29) is 5.41 Å². The van der Waals surface area contributed by atoms with Gasteiger partial charge in [0, 0.05) is 0 Å². The van der Waals surface area contributed by atoms with Gasteiger partial charge in [-0.2, -0.15) is 0 Å². The minimum absolute atomic E-state index is 0.272. The molecule has 0 amide bonds. The number of hydrogen-bond acceptors (Lipinski definition) is 0. The first-order chi connectivity index (χ1) is 7.54. The molecule has 1 fully saturated rings. The standard InChI is InChI=1S/C15H29F/c1-4-6-7-8-10-14(3,9-5-2)13-15(16)11-12-15/h4-13H2,1-3H3. The van der Waals surface area contributed by atoms with Crippen LogP contribution in [0.5, 0.6) is 0 Å². The molecule has 0 N–H and O–H groups in total. The first-order valence-electron chi connectivity index (χ1n) is 7.22. The van der Waals surface area contributed by atoms with Gasteiger partial charge in [-0.3, -0.25) is 0 Å². The Bertz CT molecular complexity index is 196. The Morgan fingerprint density at radius 2 is 1.69 bits per heavy atom. The van der Waals surface area contributed by atoms with Crippen molar-refractivity contribution in [3.63, 3.8) is 0 Å². The first kappa shape index (κ1) is 14.0. The lowest BCUT2D eigenvalue weighted by atomic mass is 9.76. The molecule has 0 nitrogen and oxygen atoms in total. The van der Waals surface area contributed by atoms with Gasteiger partial charge < -0.3 is 0 Å². The van der Waals surface area contributed by atoms with Crippen LogP contribution in [0.3, 0.4) is 0 Å². The summed E-state index contributed by atoms with van der Waals surface area (Å²) in [5.41, 5.74) is -0.498. The van der Waals surface area contributed by atoms with Crippen LogP contribution in [0.15, 0.2) is 0 Å². The van der Waals surface area contributed by atoms with Gasteiger partial charge in [-0.05, 0) is 37.5 Å². The van der Waals surface area contributed by atoms with Gasteiger partial charge in [-0.1, -0.05) is 52.9 Å². The minimum Gasteiger partial charge on any atom is -0.244 e. The van der Waals surface area contributed by atoms with Crippen molar-refractivity contribution >= 4 is 0 Å². The SMILES string of the molecule is CCCCCCC(C)(CCC)CC1(F)CC1. The monoisotopic (exact) mass is 228 g/mol. The second-order valence-corrected chi connectivity index (χ2v) is 6.20. The Labute approximate surface area is 101 Å². The van der Waals surface area contributed by atoms with Gasteiger partial charge >= 0.3 is 0 Å². The molecular weight excluding hydrogens is 199 g/mol. The summed E-state index contributed by atoms with van der Waals surface area (Å²) in [6.45, 7) is 6.77. The molecule has 0 bridgehead atoms. The fraction of sp³-hybridized carbons (Fsp3) is 1.00. The van der Waals surface area contributed by atoms with Crippen LogP contribution in [0.25, 0.3) is 0 Å². The molecule has 0 aromatic rings. The van der Waals surface area contributed by atoms with Crippen LogP contribution in [-0.4, -0.2) is 5.67 Å². The third kappa shape index (κ3) is 4.84. The Morgan fingerprint density at radius 3 is 2.19 bits per heavy atom. The average Bonchev–Trinajstić information content (AvgIpc) is 2.91. The molecule has 1 saturated carbocycles. The maximum atomic E-state index is 13.9. The zero-order valence-corrected chi connectivity index (χ0v) is 11.4. The van der Waals surface area contributed by atoms with Crippen LogP contribution in [0.4, 0.5) is 4.39 Å². The van der Waals surface area contributed by atoms with Crippen molar-refractivity contribution in [2.75, 3.05) is 0 Å². The highest BCUT2D eigenvalue weighted by atomic mass is 19.1. The summed E-state index contributed by atoms with van der Waals surface area (Å²) in [6.07, 6.45) is 11.3. The van der Waals surface area contributed by atoms with E-state index in [2.05, 4.69) is 20.8 Å². The maximum Gasteiger partial charge on any atom is 0.111 e. The Morgan fingerprint density at radius 1 is 1.00 bits per heavy atom. The summed E-state index contributed by atoms with van der Waals surface area (Å²) < 4.78 is 13.9. The van der Waals surface area contributed by atoms with Crippen molar-refractivity contribution in [2.45, 2.75) is 90.6 Å². The molecule has 0 aromatic carbocycles. The number of rotatable bonds is 9. The molecule has 1 unspecified atom stereocenters. The molecule has 16 heavy (non-hydrogen) atoms. The molecule has 0 aromatic heterocycles. The van der Waals surface area contributed by atoms with Crippen LogP contribution >= 0.6 is 0 Å². The molecule has 1 heteroatoms. The van der Waals surface area contributed by atoms with Gasteiger partial charge in [0.05, 0.1) is 0 Å². The van der Waals surface area contributed by atoms with Crippen molar-refractivity contribution in [1.82, 2.24) is 0 Å². The number of halogens is 1.